The number of hydrogen-bond donors (Lipinski definition) is 1. The molecule has 0 bridgehead atoms. The number of aromatic carboxylic acids is 1. The van der Waals surface area contributed by atoms with Gasteiger partial charge in [-0.05, 0) is 31.2 Å². The molecule has 1 N–H and O–H groups in total. The minimum atomic E-state index is -1.14. The summed E-state index contributed by atoms with van der Waals surface area (Å²) in [6, 6.07) is 16.1. The van der Waals surface area contributed by atoms with Crippen LogP contribution < -0.4 is 0 Å². The SMILES string of the molecule is C[C@H](OC(=O)c1ccccc1C(=O)O)[C@@H](C)CSc1ccccc1. The summed E-state index contributed by atoms with van der Waals surface area (Å²) in [5.41, 5.74) is 0.0424. The lowest BCUT2D eigenvalue weighted by atomic mass is 10.1. The van der Waals surface area contributed by atoms with E-state index >= 15 is 0 Å². The molecule has 0 saturated carbocycles. The molecule has 0 aromatic heterocycles. The summed E-state index contributed by atoms with van der Waals surface area (Å²) in [6.45, 7) is 3.84. The minimum absolute atomic E-state index is 0.0407. The summed E-state index contributed by atoms with van der Waals surface area (Å²) >= 11 is 1.70. The summed E-state index contributed by atoms with van der Waals surface area (Å²) in [4.78, 5) is 24.6. The molecule has 4 nitrogen and oxygen atoms in total. The Morgan fingerprint density at radius 1 is 1.00 bits per heavy atom. The van der Waals surface area contributed by atoms with E-state index in [1.165, 1.54) is 17.0 Å². The van der Waals surface area contributed by atoms with Gasteiger partial charge in [0.05, 0.1) is 11.1 Å². The van der Waals surface area contributed by atoms with Gasteiger partial charge >= 0.3 is 11.9 Å². The van der Waals surface area contributed by atoms with E-state index < -0.39 is 11.9 Å². The van der Waals surface area contributed by atoms with E-state index in [4.69, 9.17) is 9.84 Å². The van der Waals surface area contributed by atoms with E-state index in [-0.39, 0.29) is 23.1 Å². The fourth-order valence-electron chi connectivity index (χ4n) is 2.08. The van der Waals surface area contributed by atoms with Crippen LogP contribution in [-0.2, 0) is 4.74 Å². The van der Waals surface area contributed by atoms with Gasteiger partial charge in [0, 0.05) is 16.6 Å². The number of carbonyl (C=O) groups is 2. The van der Waals surface area contributed by atoms with Crippen LogP contribution in [0, 0.1) is 5.92 Å². The van der Waals surface area contributed by atoms with Crippen LogP contribution >= 0.6 is 11.8 Å². The number of rotatable bonds is 7. The summed E-state index contributed by atoms with van der Waals surface area (Å²) < 4.78 is 5.46. The Bertz CT molecular complexity index is 700. The van der Waals surface area contributed by atoms with Gasteiger partial charge in [-0.2, -0.15) is 0 Å². The smallest absolute Gasteiger partial charge is 0.339 e. The van der Waals surface area contributed by atoms with Gasteiger partial charge in [0.15, 0.2) is 0 Å². The molecule has 24 heavy (non-hydrogen) atoms. The second kappa shape index (κ2) is 8.55. The van der Waals surface area contributed by atoms with Gasteiger partial charge < -0.3 is 9.84 Å². The maximum absolute atomic E-state index is 12.3. The van der Waals surface area contributed by atoms with Crippen molar-refractivity contribution in [3.63, 3.8) is 0 Å². The van der Waals surface area contributed by atoms with Crippen molar-refractivity contribution in [1.82, 2.24) is 0 Å². The number of esters is 1. The van der Waals surface area contributed by atoms with Crippen LogP contribution in [0.15, 0.2) is 59.5 Å². The number of carboxylic acid groups (broad SMARTS) is 1. The topological polar surface area (TPSA) is 63.6 Å². The van der Waals surface area contributed by atoms with Crippen molar-refractivity contribution < 1.29 is 19.4 Å². The number of ether oxygens (including phenoxy) is 1. The number of hydrogen-bond acceptors (Lipinski definition) is 4. The first kappa shape index (κ1) is 18.1. The van der Waals surface area contributed by atoms with Crippen molar-refractivity contribution in [3.8, 4) is 0 Å². The second-order valence-corrected chi connectivity index (χ2v) is 6.66. The second-order valence-electron chi connectivity index (χ2n) is 5.56. The monoisotopic (exact) mass is 344 g/mol. The van der Waals surface area contributed by atoms with Gasteiger partial charge in [0.25, 0.3) is 0 Å². The van der Waals surface area contributed by atoms with Gasteiger partial charge in [-0.3, -0.25) is 0 Å². The van der Waals surface area contributed by atoms with E-state index in [1.807, 2.05) is 44.2 Å². The van der Waals surface area contributed by atoms with Gasteiger partial charge in [-0.1, -0.05) is 37.3 Å². The van der Waals surface area contributed by atoms with Crippen LogP contribution in [0.2, 0.25) is 0 Å². The van der Waals surface area contributed by atoms with Crippen molar-refractivity contribution in [2.45, 2.75) is 24.8 Å². The molecule has 0 amide bonds. The molecular weight excluding hydrogens is 324 g/mol. The van der Waals surface area contributed by atoms with Crippen LogP contribution in [0.1, 0.15) is 34.6 Å². The predicted molar refractivity (Wildman–Crippen MR) is 94.6 cm³/mol. The number of carbonyl (C=O) groups excluding carboxylic acids is 1. The minimum Gasteiger partial charge on any atom is -0.478 e. The number of benzene rings is 2. The van der Waals surface area contributed by atoms with Crippen LogP contribution in [-0.4, -0.2) is 28.9 Å². The largest absolute Gasteiger partial charge is 0.478 e. The number of thioether (sulfide) groups is 1. The maximum atomic E-state index is 12.3. The molecule has 0 heterocycles. The zero-order valence-corrected chi connectivity index (χ0v) is 14.5. The zero-order chi connectivity index (χ0) is 17.5. The van der Waals surface area contributed by atoms with Crippen LogP contribution in [0.25, 0.3) is 0 Å². The third kappa shape index (κ3) is 4.86. The molecule has 2 rings (SSSR count). The van der Waals surface area contributed by atoms with Crippen LogP contribution in [0.5, 0.6) is 0 Å². The summed E-state index contributed by atoms with van der Waals surface area (Å²) in [5.74, 6) is -0.796. The first-order chi connectivity index (χ1) is 11.5. The van der Waals surface area contributed by atoms with Crippen molar-refractivity contribution in [1.29, 1.82) is 0 Å². The summed E-state index contributed by atoms with van der Waals surface area (Å²) in [6.07, 6.45) is -0.310. The van der Waals surface area contributed by atoms with Crippen LogP contribution in [0.3, 0.4) is 0 Å². The fourth-order valence-corrected chi connectivity index (χ4v) is 3.15. The van der Waals surface area contributed by atoms with Gasteiger partial charge in [0.2, 0.25) is 0 Å². The first-order valence-electron chi connectivity index (χ1n) is 7.70. The Morgan fingerprint density at radius 2 is 1.58 bits per heavy atom. The molecule has 5 heteroatoms. The molecule has 0 aliphatic carbocycles. The lowest BCUT2D eigenvalue weighted by molar-refractivity contribution is 0.0238. The van der Waals surface area contributed by atoms with Crippen molar-refractivity contribution in [3.05, 3.63) is 65.7 Å². The van der Waals surface area contributed by atoms with E-state index in [2.05, 4.69) is 0 Å². The Morgan fingerprint density at radius 3 is 2.21 bits per heavy atom. The number of carboxylic acids is 1. The summed E-state index contributed by atoms with van der Waals surface area (Å²) in [5, 5.41) is 9.16. The molecule has 2 aromatic carbocycles. The quantitative estimate of drug-likeness (QED) is 0.597. The molecule has 2 atom stereocenters. The first-order valence-corrected chi connectivity index (χ1v) is 8.68. The Hall–Kier alpha value is -2.27. The van der Waals surface area contributed by atoms with Crippen molar-refractivity contribution in [2.75, 3.05) is 5.75 Å². The maximum Gasteiger partial charge on any atom is 0.339 e. The molecule has 0 spiro atoms. The zero-order valence-electron chi connectivity index (χ0n) is 13.6. The molecule has 0 unspecified atom stereocenters. The molecule has 0 saturated heterocycles. The van der Waals surface area contributed by atoms with Crippen molar-refractivity contribution in [2.24, 2.45) is 5.92 Å². The summed E-state index contributed by atoms with van der Waals surface area (Å²) in [7, 11) is 0. The standard InChI is InChI=1S/C19H20O4S/c1-13(12-24-15-8-4-3-5-9-15)14(2)23-19(22)17-11-7-6-10-16(17)18(20)21/h3-11,13-14H,12H2,1-2H3,(H,20,21)/t13-,14-/m0/s1. The lowest BCUT2D eigenvalue weighted by Gasteiger charge is -2.20. The van der Waals surface area contributed by atoms with Gasteiger partial charge in [-0.25, -0.2) is 9.59 Å². The van der Waals surface area contributed by atoms with Gasteiger partial charge in [0.1, 0.15) is 6.10 Å². The van der Waals surface area contributed by atoms with Crippen LogP contribution in [0.4, 0.5) is 0 Å². The molecular formula is C19H20O4S. The predicted octanol–water partition coefficient (Wildman–Crippen LogP) is 4.36. The molecule has 126 valence electrons. The Balaban J connectivity index is 1.95. The fraction of sp³-hybridized carbons (Fsp3) is 0.263. The highest BCUT2D eigenvalue weighted by Crippen LogP contribution is 2.23. The third-order valence-corrected chi connectivity index (χ3v) is 5.03. The highest BCUT2D eigenvalue weighted by Gasteiger charge is 2.22. The Labute approximate surface area is 145 Å². The molecule has 0 fully saturated rings. The van der Waals surface area contributed by atoms with E-state index in [9.17, 15) is 9.59 Å². The van der Waals surface area contributed by atoms with E-state index in [0.29, 0.717) is 0 Å². The van der Waals surface area contributed by atoms with Crippen molar-refractivity contribution >= 4 is 23.7 Å². The average Bonchev–Trinajstić information content (AvgIpc) is 2.60. The Kier molecular flexibility index (Phi) is 6.44. The highest BCUT2D eigenvalue weighted by atomic mass is 32.2. The molecule has 2 aromatic rings. The van der Waals surface area contributed by atoms with E-state index in [0.717, 1.165) is 5.75 Å². The lowest BCUT2D eigenvalue weighted by Crippen LogP contribution is -2.24. The molecule has 0 aliphatic rings. The van der Waals surface area contributed by atoms with Gasteiger partial charge in [-0.15, -0.1) is 11.8 Å². The third-order valence-electron chi connectivity index (χ3n) is 3.73. The average molecular weight is 344 g/mol. The normalized spacial score (nSPS) is 13.1. The molecule has 0 aliphatic heterocycles. The van der Waals surface area contributed by atoms with E-state index in [1.54, 1.807) is 23.9 Å². The molecule has 0 radical (unpaired) electrons. The highest BCUT2D eigenvalue weighted by molar-refractivity contribution is 7.99.